The molecule has 6 aromatic rings. The summed E-state index contributed by atoms with van der Waals surface area (Å²) < 4.78 is 4.68. The Morgan fingerprint density at radius 2 is 1.63 bits per heavy atom. The van der Waals surface area contributed by atoms with E-state index in [4.69, 9.17) is 9.97 Å². The SMILES string of the molecule is CC(C)C1C=CC(n2c3cccnc3c3cnc4c(c5ccccc5n4-c4ccccc4)c32)=CC1. The first kappa shape index (κ1) is 20.2. The third kappa shape index (κ3) is 2.93. The molecule has 0 amide bonds. The maximum Gasteiger partial charge on any atom is 0.147 e. The van der Waals surface area contributed by atoms with Gasteiger partial charge in [0.25, 0.3) is 0 Å². The van der Waals surface area contributed by atoms with E-state index in [0.29, 0.717) is 11.8 Å². The fourth-order valence-corrected chi connectivity index (χ4v) is 5.61. The molecule has 0 aliphatic heterocycles. The van der Waals surface area contributed by atoms with Gasteiger partial charge in [0.15, 0.2) is 0 Å². The predicted octanol–water partition coefficient (Wildman–Crippen LogP) is 7.75. The van der Waals surface area contributed by atoms with Crippen molar-refractivity contribution in [1.82, 2.24) is 19.1 Å². The predicted molar refractivity (Wildman–Crippen MR) is 146 cm³/mol. The molecule has 4 nitrogen and oxygen atoms in total. The van der Waals surface area contributed by atoms with Crippen molar-refractivity contribution in [3.05, 3.63) is 97.4 Å². The van der Waals surface area contributed by atoms with Crippen molar-refractivity contribution in [2.75, 3.05) is 0 Å². The maximum absolute atomic E-state index is 5.04. The van der Waals surface area contributed by atoms with Gasteiger partial charge >= 0.3 is 0 Å². The Morgan fingerprint density at radius 1 is 0.829 bits per heavy atom. The molecule has 1 atom stereocenters. The molecule has 4 aromatic heterocycles. The summed E-state index contributed by atoms with van der Waals surface area (Å²) in [6.07, 6.45) is 12.0. The number of aromatic nitrogens is 4. The molecule has 4 heteroatoms. The zero-order valence-electron chi connectivity index (χ0n) is 19.9. The second-order valence-corrected chi connectivity index (χ2v) is 9.75. The molecule has 1 unspecified atom stereocenters. The molecule has 0 saturated carbocycles. The Kier molecular flexibility index (Phi) is 4.43. The van der Waals surface area contributed by atoms with Gasteiger partial charge in [0.1, 0.15) is 5.65 Å². The molecule has 0 fully saturated rings. The van der Waals surface area contributed by atoms with Crippen LogP contribution in [0.25, 0.3) is 55.3 Å². The lowest BCUT2D eigenvalue weighted by atomic mass is 9.89. The van der Waals surface area contributed by atoms with Crippen LogP contribution < -0.4 is 0 Å². The summed E-state index contributed by atoms with van der Waals surface area (Å²) in [6.45, 7) is 4.59. The van der Waals surface area contributed by atoms with Crippen LogP contribution in [0.2, 0.25) is 0 Å². The number of benzene rings is 2. The zero-order valence-corrected chi connectivity index (χ0v) is 19.9. The quantitative estimate of drug-likeness (QED) is 0.274. The van der Waals surface area contributed by atoms with Gasteiger partial charge in [-0.3, -0.25) is 9.55 Å². The lowest BCUT2D eigenvalue weighted by Gasteiger charge is -2.21. The molecule has 0 saturated heterocycles. The molecule has 2 aromatic carbocycles. The molecule has 0 N–H and O–H groups in total. The van der Waals surface area contributed by atoms with Crippen molar-refractivity contribution < 1.29 is 0 Å². The Morgan fingerprint density at radius 3 is 2.43 bits per heavy atom. The van der Waals surface area contributed by atoms with E-state index in [-0.39, 0.29) is 0 Å². The zero-order chi connectivity index (χ0) is 23.5. The average Bonchev–Trinajstić information content (AvgIpc) is 3.42. The molecule has 35 heavy (non-hydrogen) atoms. The Hall–Kier alpha value is -4.18. The summed E-state index contributed by atoms with van der Waals surface area (Å²) in [7, 11) is 0. The van der Waals surface area contributed by atoms with Gasteiger partial charge in [-0.05, 0) is 54.7 Å². The monoisotopic (exact) mass is 454 g/mol. The van der Waals surface area contributed by atoms with Crippen molar-refractivity contribution in [3.8, 4) is 5.69 Å². The minimum atomic E-state index is 0.576. The van der Waals surface area contributed by atoms with Gasteiger partial charge in [-0.1, -0.05) is 62.4 Å². The number of para-hydroxylation sites is 2. The number of allylic oxidation sites excluding steroid dienone is 4. The minimum absolute atomic E-state index is 0.576. The van der Waals surface area contributed by atoms with E-state index in [0.717, 1.165) is 39.7 Å². The Bertz CT molecular complexity index is 1800. The highest BCUT2D eigenvalue weighted by atomic mass is 15.1. The molecule has 7 rings (SSSR count). The van der Waals surface area contributed by atoms with Crippen LogP contribution in [0, 0.1) is 11.8 Å². The lowest BCUT2D eigenvalue weighted by Crippen LogP contribution is -2.09. The average molecular weight is 455 g/mol. The first-order valence-corrected chi connectivity index (χ1v) is 12.3. The normalized spacial score (nSPS) is 16.2. The van der Waals surface area contributed by atoms with E-state index in [2.05, 4.69) is 102 Å². The van der Waals surface area contributed by atoms with Gasteiger partial charge in [0, 0.05) is 34.6 Å². The van der Waals surface area contributed by atoms with Crippen molar-refractivity contribution >= 4 is 49.6 Å². The van der Waals surface area contributed by atoms with E-state index in [1.807, 2.05) is 18.5 Å². The third-order valence-corrected chi connectivity index (χ3v) is 7.41. The molecular formula is C31H26N4. The summed E-state index contributed by atoms with van der Waals surface area (Å²) in [5, 5.41) is 3.46. The van der Waals surface area contributed by atoms with Crippen LogP contribution in [-0.2, 0) is 0 Å². The number of nitrogens with zero attached hydrogens (tertiary/aromatic N) is 4. The van der Waals surface area contributed by atoms with Crippen LogP contribution in [0.1, 0.15) is 20.3 Å². The van der Waals surface area contributed by atoms with Crippen molar-refractivity contribution in [2.45, 2.75) is 20.3 Å². The third-order valence-electron chi connectivity index (χ3n) is 7.41. The summed E-state index contributed by atoms with van der Waals surface area (Å²) in [4.78, 5) is 9.84. The first-order chi connectivity index (χ1) is 17.2. The molecule has 0 radical (unpaired) electrons. The lowest BCUT2D eigenvalue weighted by molar-refractivity contribution is 0.468. The van der Waals surface area contributed by atoms with E-state index in [1.165, 1.54) is 22.0 Å². The summed E-state index contributed by atoms with van der Waals surface area (Å²) in [6, 6.07) is 23.3. The number of hydrogen-bond donors (Lipinski definition) is 0. The highest BCUT2D eigenvalue weighted by Gasteiger charge is 2.23. The first-order valence-electron chi connectivity index (χ1n) is 12.3. The second-order valence-electron chi connectivity index (χ2n) is 9.75. The topological polar surface area (TPSA) is 35.6 Å². The van der Waals surface area contributed by atoms with Crippen LogP contribution in [0.4, 0.5) is 0 Å². The molecule has 1 aliphatic carbocycles. The summed E-state index contributed by atoms with van der Waals surface area (Å²) in [5.41, 5.74) is 7.73. The van der Waals surface area contributed by atoms with Crippen LogP contribution in [-0.4, -0.2) is 19.1 Å². The van der Waals surface area contributed by atoms with E-state index in [1.54, 1.807) is 0 Å². The van der Waals surface area contributed by atoms with Crippen molar-refractivity contribution in [2.24, 2.45) is 11.8 Å². The highest BCUT2D eigenvalue weighted by Crippen LogP contribution is 2.41. The maximum atomic E-state index is 5.04. The van der Waals surface area contributed by atoms with Gasteiger partial charge in [0.05, 0.1) is 27.5 Å². The number of fused-ring (bicyclic) bond motifs is 7. The van der Waals surface area contributed by atoms with Crippen LogP contribution in [0.15, 0.2) is 97.4 Å². The Balaban J connectivity index is 1.64. The fraction of sp³-hybridized carbons (Fsp3) is 0.161. The van der Waals surface area contributed by atoms with Gasteiger partial charge < -0.3 is 4.57 Å². The number of hydrogen-bond acceptors (Lipinski definition) is 2. The van der Waals surface area contributed by atoms with Gasteiger partial charge in [-0.25, -0.2) is 4.98 Å². The van der Waals surface area contributed by atoms with E-state index in [9.17, 15) is 0 Å². The molecule has 170 valence electrons. The number of rotatable bonds is 3. The second kappa shape index (κ2) is 7.67. The molecule has 1 aliphatic rings. The minimum Gasteiger partial charge on any atom is -0.307 e. The van der Waals surface area contributed by atoms with E-state index < -0.39 is 0 Å². The van der Waals surface area contributed by atoms with Gasteiger partial charge in [0.2, 0.25) is 0 Å². The van der Waals surface area contributed by atoms with Crippen LogP contribution in [0.3, 0.4) is 0 Å². The molecule has 4 heterocycles. The van der Waals surface area contributed by atoms with Crippen molar-refractivity contribution in [3.63, 3.8) is 0 Å². The standard InChI is InChI=1S/C31H26N4/c1-20(2)21-14-16-23(17-15-21)34-27-13-8-18-32-29(27)25-19-33-31-28(30(25)34)24-11-6-7-12-26(24)35(31)22-9-4-3-5-10-22/h3-14,16-21H,15H2,1-2H3. The van der Waals surface area contributed by atoms with E-state index >= 15 is 0 Å². The number of pyridine rings is 2. The highest BCUT2D eigenvalue weighted by molar-refractivity contribution is 6.24. The largest absolute Gasteiger partial charge is 0.307 e. The smallest absolute Gasteiger partial charge is 0.147 e. The molecule has 0 bridgehead atoms. The van der Waals surface area contributed by atoms with Gasteiger partial charge in [-0.2, -0.15) is 0 Å². The van der Waals surface area contributed by atoms with Crippen LogP contribution in [0.5, 0.6) is 0 Å². The Labute approximate surface area is 203 Å². The molecule has 0 spiro atoms. The molecular weight excluding hydrogens is 428 g/mol. The summed E-state index contributed by atoms with van der Waals surface area (Å²) in [5.74, 6) is 1.20. The summed E-state index contributed by atoms with van der Waals surface area (Å²) >= 11 is 0. The van der Waals surface area contributed by atoms with Crippen molar-refractivity contribution in [1.29, 1.82) is 0 Å². The van der Waals surface area contributed by atoms with Gasteiger partial charge in [-0.15, -0.1) is 0 Å². The van der Waals surface area contributed by atoms with Crippen LogP contribution >= 0.6 is 0 Å². The fourth-order valence-electron chi connectivity index (χ4n) is 5.61.